The number of benzene rings is 1. The first kappa shape index (κ1) is 21.3. The summed E-state index contributed by atoms with van der Waals surface area (Å²) in [7, 11) is 1.63. The molecule has 1 aliphatic rings. The molecule has 2 atom stereocenters. The van der Waals surface area contributed by atoms with Gasteiger partial charge in [-0.05, 0) is 55.5 Å². The van der Waals surface area contributed by atoms with Gasteiger partial charge in [0.1, 0.15) is 5.75 Å². The summed E-state index contributed by atoms with van der Waals surface area (Å²) >= 11 is 0. The highest BCUT2D eigenvalue weighted by Crippen LogP contribution is 2.21. The van der Waals surface area contributed by atoms with E-state index in [1.807, 2.05) is 24.3 Å². The van der Waals surface area contributed by atoms with Crippen LogP contribution in [0, 0.1) is 11.8 Å². The SMILES string of the molecule is COc1ccc(-c2noc(CCC(=O)NCCCN3CC(C)CC(C)C3)n2)cc1. The van der Waals surface area contributed by atoms with Gasteiger partial charge in [0.05, 0.1) is 7.11 Å². The number of rotatable bonds is 9. The number of carbonyl (C=O) groups excluding carboxylic acids is 1. The Hall–Kier alpha value is -2.41. The van der Waals surface area contributed by atoms with Gasteiger partial charge in [0.25, 0.3) is 0 Å². The number of amides is 1. The van der Waals surface area contributed by atoms with Gasteiger partial charge in [-0.25, -0.2) is 0 Å². The van der Waals surface area contributed by atoms with Crippen LogP contribution in [0.15, 0.2) is 28.8 Å². The predicted octanol–water partition coefficient (Wildman–Crippen LogP) is 3.16. The molecule has 0 bridgehead atoms. The van der Waals surface area contributed by atoms with Crippen LogP contribution in [0.5, 0.6) is 5.75 Å². The van der Waals surface area contributed by atoms with Gasteiger partial charge in [-0.3, -0.25) is 4.79 Å². The van der Waals surface area contributed by atoms with E-state index in [0.717, 1.165) is 36.1 Å². The van der Waals surface area contributed by atoms with Crippen LogP contribution in [0.3, 0.4) is 0 Å². The summed E-state index contributed by atoms with van der Waals surface area (Å²) in [5.41, 5.74) is 0.853. The second kappa shape index (κ2) is 10.4. The van der Waals surface area contributed by atoms with Crippen LogP contribution in [0.25, 0.3) is 11.4 Å². The summed E-state index contributed by atoms with van der Waals surface area (Å²) < 4.78 is 10.4. The molecule has 0 radical (unpaired) electrons. The molecule has 3 rings (SSSR count). The van der Waals surface area contributed by atoms with Crippen molar-refractivity contribution in [1.29, 1.82) is 0 Å². The zero-order valence-corrected chi connectivity index (χ0v) is 17.7. The van der Waals surface area contributed by atoms with Gasteiger partial charge in [0.15, 0.2) is 0 Å². The van der Waals surface area contributed by atoms with Gasteiger partial charge in [0, 0.05) is 38.0 Å². The maximum Gasteiger partial charge on any atom is 0.227 e. The number of likely N-dealkylation sites (tertiary alicyclic amines) is 1. The fraction of sp³-hybridized carbons (Fsp3) is 0.591. The van der Waals surface area contributed by atoms with Crippen molar-refractivity contribution in [2.24, 2.45) is 11.8 Å². The molecule has 1 amide bonds. The van der Waals surface area contributed by atoms with Gasteiger partial charge in [-0.15, -0.1) is 0 Å². The van der Waals surface area contributed by atoms with Crippen molar-refractivity contribution in [3.05, 3.63) is 30.2 Å². The molecular formula is C22H32N4O3. The zero-order chi connectivity index (χ0) is 20.6. The highest BCUT2D eigenvalue weighted by molar-refractivity contribution is 5.76. The molecule has 1 fully saturated rings. The van der Waals surface area contributed by atoms with Crippen LogP contribution in [0.2, 0.25) is 0 Å². The summed E-state index contributed by atoms with van der Waals surface area (Å²) in [5, 5.41) is 6.99. The van der Waals surface area contributed by atoms with Crippen molar-refractivity contribution in [2.75, 3.05) is 33.3 Å². The van der Waals surface area contributed by atoms with Crippen molar-refractivity contribution in [3.63, 3.8) is 0 Å². The molecule has 1 saturated heterocycles. The number of methoxy groups -OCH3 is 1. The van der Waals surface area contributed by atoms with E-state index in [0.29, 0.717) is 31.1 Å². The van der Waals surface area contributed by atoms with E-state index in [4.69, 9.17) is 9.26 Å². The lowest BCUT2D eigenvalue weighted by molar-refractivity contribution is -0.121. The Morgan fingerprint density at radius 1 is 1.24 bits per heavy atom. The van der Waals surface area contributed by atoms with Crippen molar-refractivity contribution in [1.82, 2.24) is 20.4 Å². The molecule has 2 unspecified atom stereocenters. The number of ether oxygens (including phenoxy) is 1. The molecule has 0 saturated carbocycles. The van der Waals surface area contributed by atoms with Crippen molar-refractivity contribution >= 4 is 5.91 Å². The third kappa shape index (κ3) is 6.56. The molecule has 0 aliphatic carbocycles. The average molecular weight is 401 g/mol. The fourth-order valence-corrected chi connectivity index (χ4v) is 4.03. The van der Waals surface area contributed by atoms with E-state index < -0.39 is 0 Å². The van der Waals surface area contributed by atoms with E-state index in [1.165, 1.54) is 19.5 Å². The topological polar surface area (TPSA) is 80.5 Å². The molecule has 1 aromatic carbocycles. The summed E-state index contributed by atoms with van der Waals surface area (Å²) in [4.78, 5) is 19.0. The molecule has 29 heavy (non-hydrogen) atoms. The quantitative estimate of drug-likeness (QED) is 0.651. The molecule has 7 nitrogen and oxygen atoms in total. The Labute approximate surface area is 172 Å². The van der Waals surface area contributed by atoms with E-state index in [9.17, 15) is 4.79 Å². The molecule has 7 heteroatoms. The molecule has 1 aromatic heterocycles. The first-order chi connectivity index (χ1) is 14.0. The van der Waals surface area contributed by atoms with E-state index in [-0.39, 0.29) is 5.91 Å². The largest absolute Gasteiger partial charge is 0.497 e. The number of hydrogen-bond acceptors (Lipinski definition) is 6. The molecule has 158 valence electrons. The maximum absolute atomic E-state index is 12.1. The second-order valence-corrected chi connectivity index (χ2v) is 8.15. The Kier molecular flexibility index (Phi) is 7.63. The fourth-order valence-electron chi connectivity index (χ4n) is 4.03. The number of hydrogen-bond donors (Lipinski definition) is 1. The third-order valence-electron chi connectivity index (χ3n) is 5.30. The second-order valence-electron chi connectivity index (χ2n) is 8.15. The Morgan fingerprint density at radius 2 is 1.97 bits per heavy atom. The van der Waals surface area contributed by atoms with E-state index in [2.05, 4.69) is 34.2 Å². The Morgan fingerprint density at radius 3 is 2.66 bits per heavy atom. The van der Waals surface area contributed by atoms with Crippen LogP contribution >= 0.6 is 0 Å². The molecule has 1 N–H and O–H groups in total. The number of nitrogens with one attached hydrogen (secondary N) is 1. The number of carbonyl (C=O) groups is 1. The highest BCUT2D eigenvalue weighted by atomic mass is 16.5. The van der Waals surface area contributed by atoms with Gasteiger partial charge in [-0.2, -0.15) is 4.98 Å². The molecule has 2 aromatic rings. The third-order valence-corrected chi connectivity index (χ3v) is 5.30. The summed E-state index contributed by atoms with van der Waals surface area (Å²) in [5.74, 6) is 3.33. The predicted molar refractivity (Wildman–Crippen MR) is 112 cm³/mol. The number of piperidine rings is 1. The van der Waals surface area contributed by atoms with Gasteiger partial charge < -0.3 is 19.5 Å². The molecule has 0 spiro atoms. The van der Waals surface area contributed by atoms with Gasteiger partial charge in [0.2, 0.25) is 17.6 Å². The molecule has 2 heterocycles. The minimum Gasteiger partial charge on any atom is -0.497 e. The van der Waals surface area contributed by atoms with Crippen molar-refractivity contribution in [3.8, 4) is 17.1 Å². The van der Waals surface area contributed by atoms with Crippen LogP contribution in [0.4, 0.5) is 0 Å². The van der Waals surface area contributed by atoms with Gasteiger partial charge >= 0.3 is 0 Å². The maximum atomic E-state index is 12.1. The van der Waals surface area contributed by atoms with Crippen LogP contribution in [-0.2, 0) is 11.2 Å². The smallest absolute Gasteiger partial charge is 0.227 e. The molecular weight excluding hydrogens is 368 g/mol. The van der Waals surface area contributed by atoms with E-state index in [1.54, 1.807) is 7.11 Å². The van der Waals surface area contributed by atoms with Crippen molar-refractivity contribution < 1.29 is 14.1 Å². The minimum absolute atomic E-state index is 0.0228. The standard InChI is InChI=1S/C22H32N4O3/c1-16-13-17(2)15-26(14-16)12-4-11-23-20(27)9-10-21-24-22(25-29-21)18-5-7-19(28-3)8-6-18/h5-8,16-17H,4,9-15H2,1-3H3,(H,23,27). The lowest BCUT2D eigenvalue weighted by atomic mass is 9.92. The summed E-state index contributed by atoms with van der Waals surface area (Å²) in [6.07, 6.45) is 3.09. The van der Waals surface area contributed by atoms with Crippen LogP contribution in [0.1, 0.15) is 39.0 Å². The van der Waals surface area contributed by atoms with Crippen LogP contribution < -0.4 is 10.1 Å². The molecule has 1 aliphatic heterocycles. The van der Waals surface area contributed by atoms with Gasteiger partial charge in [-0.1, -0.05) is 19.0 Å². The van der Waals surface area contributed by atoms with Crippen molar-refractivity contribution in [2.45, 2.75) is 39.5 Å². The number of aryl methyl sites for hydroxylation is 1. The lowest BCUT2D eigenvalue weighted by Crippen LogP contribution is -2.40. The zero-order valence-electron chi connectivity index (χ0n) is 17.7. The average Bonchev–Trinajstić information content (AvgIpc) is 3.18. The number of nitrogens with zero attached hydrogens (tertiary/aromatic N) is 3. The monoisotopic (exact) mass is 400 g/mol. The highest BCUT2D eigenvalue weighted by Gasteiger charge is 2.21. The normalized spacial score (nSPS) is 19.8. The summed E-state index contributed by atoms with van der Waals surface area (Å²) in [6, 6.07) is 7.46. The Bertz CT molecular complexity index is 765. The lowest BCUT2D eigenvalue weighted by Gasteiger charge is -2.34. The summed E-state index contributed by atoms with van der Waals surface area (Å²) in [6.45, 7) is 8.74. The Balaban J connectivity index is 1.35. The van der Waals surface area contributed by atoms with E-state index >= 15 is 0 Å². The first-order valence-electron chi connectivity index (χ1n) is 10.5. The number of aromatic nitrogens is 2. The van der Waals surface area contributed by atoms with Crippen LogP contribution in [-0.4, -0.2) is 54.2 Å². The minimum atomic E-state index is 0.0228. The first-order valence-corrected chi connectivity index (χ1v) is 10.5.